The molecule has 0 radical (unpaired) electrons. The van der Waals surface area contributed by atoms with Crippen molar-refractivity contribution in [3.05, 3.63) is 107 Å². The molecule has 0 bridgehead atoms. The number of carbonyl (C=O) groups excluding carboxylic acids is 1. The summed E-state index contributed by atoms with van der Waals surface area (Å²) in [6, 6.07) is 24.5. The van der Waals surface area contributed by atoms with E-state index in [0.29, 0.717) is 24.1 Å². The van der Waals surface area contributed by atoms with E-state index in [1.54, 1.807) is 18.2 Å². The average Bonchev–Trinajstić information content (AvgIpc) is 2.79. The van der Waals surface area contributed by atoms with Crippen LogP contribution in [0.15, 0.2) is 90.0 Å². The second-order valence-corrected chi connectivity index (χ2v) is 6.84. The number of nitrogens with zero attached hydrogens (tertiary/aromatic N) is 2. The van der Waals surface area contributed by atoms with Crippen LogP contribution >= 0.6 is 0 Å². The Morgan fingerprint density at radius 2 is 1.60 bits per heavy atom. The Balaban J connectivity index is 1.40. The van der Waals surface area contributed by atoms with Crippen LogP contribution in [0.3, 0.4) is 0 Å². The van der Waals surface area contributed by atoms with Gasteiger partial charge in [-0.25, -0.2) is 4.98 Å². The van der Waals surface area contributed by atoms with Crippen LogP contribution in [0.5, 0.6) is 5.75 Å². The molecule has 0 saturated carbocycles. The van der Waals surface area contributed by atoms with Crippen LogP contribution < -0.4 is 15.6 Å². The maximum Gasteiger partial charge on any atom is 0.261 e. The number of benzene rings is 3. The van der Waals surface area contributed by atoms with Crippen molar-refractivity contribution in [2.24, 2.45) is 0 Å². The maximum atomic E-state index is 12.5. The predicted octanol–water partition coefficient (Wildman–Crippen LogP) is 3.29. The molecular formula is C24H21N3O3. The number of ether oxygens (including phenoxy) is 1. The molecule has 0 aliphatic heterocycles. The normalized spacial score (nSPS) is 10.7. The summed E-state index contributed by atoms with van der Waals surface area (Å²) in [6.07, 6.45) is 1.41. The predicted molar refractivity (Wildman–Crippen MR) is 115 cm³/mol. The highest BCUT2D eigenvalue weighted by atomic mass is 16.5. The highest BCUT2D eigenvalue weighted by molar-refractivity contribution is 5.78. The lowest BCUT2D eigenvalue weighted by Gasteiger charge is -2.12. The summed E-state index contributed by atoms with van der Waals surface area (Å²) in [5.41, 5.74) is 2.34. The van der Waals surface area contributed by atoms with Gasteiger partial charge in [0.2, 0.25) is 5.91 Å². The van der Waals surface area contributed by atoms with Crippen molar-refractivity contribution in [2.75, 3.05) is 0 Å². The van der Waals surface area contributed by atoms with E-state index in [2.05, 4.69) is 10.3 Å². The van der Waals surface area contributed by atoms with Gasteiger partial charge in [-0.2, -0.15) is 0 Å². The van der Waals surface area contributed by atoms with E-state index >= 15 is 0 Å². The van der Waals surface area contributed by atoms with Gasteiger partial charge in [0.25, 0.3) is 5.56 Å². The Kier molecular flexibility index (Phi) is 5.85. The van der Waals surface area contributed by atoms with Crippen molar-refractivity contribution in [2.45, 2.75) is 19.7 Å². The molecule has 30 heavy (non-hydrogen) atoms. The zero-order valence-electron chi connectivity index (χ0n) is 16.3. The summed E-state index contributed by atoms with van der Waals surface area (Å²) >= 11 is 0. The molecule has 0 spiro atoms. The van der Waals surface area contributed by atoms with Gasteiger partial charge in [-0.05, 0) is 35.4 Å². The fourth-order valence-corrected chi connectivity index (χ4v) is 3.17. The summed E-state index contributed by atoms with van der Waals surface area (Å²) in [5.74, 6) is 0.535. The van der Waals surface area contributed by atoms with Gasteiger partial charge in [-0.15, -0.1) is 0 Å². The van der Waals surface area contributed by atoms with E-state index in [1.165, 1.54) is 10.9 Å². The Bertz CT molecular complexity index is 1220. The molecule has 1 heterocycles. The molecule has 0 aliphatic carbocycles. The summed E-state index contributed by atoms with van der Waals surface area (Å²) in [7, 11) is 0. The quantitative estimate of drug-likeness (QED) is 0.518. The molecule has 6 nitrogen and oxygen atoms in total. The summed E-state index contributed by atoms with van der Waals surface area (Å²) in [4.78, 5) is 29.2. The third-order valence-electron chi connectivity index (χ3n) is 4.78. The largest absolute Gasteiger partial charge is 0.489 e. The lowest BCUT2D eigenvalue weighted by molar-refractivity contribution is -0.121. The third-order valence-corrected chi connectivity index (χ3v) is 4.78. The minimum Gasteiger partial charge on any atom is -0.489 e. The van der Waals surface area contributed by atoms with Crippen LogP contribution in [-0.2, 0) is 24.5 Å². The summed E-state index contributed by atoms with van der Waals surface area (Å²) < 4.78 is 7.15. The van der Waals surface area contributed by atoms with Crippen LogP contribution in [0.25, 0.3) is 10.9 Å². The zero-order valence-corrected chi connectivity index (χ0v) is 16.3. The molecule has 4 rings (SSSR count). The highest BCUT2D eigenvalue weighted by Gasteiger charge is 2.09. The van der Waals surface area contributed by atoms with E-state index in [1.807, 2.05) is 60.7 Å². The monoisotopic (exact) mass is 399 g/mol. The van der Waals surface area contributed by atoms with Crippen molar-refractivity contribution in [3.8, 4) is 5.75 Å². The second-order valence-electron chi connectivity index (χ2n) is 6.84. The van der Waals surface area contributed by atoms with Crippen LogP contribution in [0.4, 0.5) is 0 Å². The van der Waals surface area contributed by atoms with E-state index in [0.717, 1.165) is 16.9 Å². The number of hydrogen-bond donors (Lipinski definition) is 1. The number of fused-ring (bicyclic) bond motifs is 1. The number of para-hydroxylation sites is 2. The van der Waals surface area contributed by atoms with E-state index in [4.69, 9.17) is 4.74 Å². The number of amides is 1. The van der Waals surface area contributed by atoms with E-state index in [-0.39, 0.29) is 18.0 Å². The fourth-order valence-electron chi connectivity index (χ4n) is 3.17. The van der Waals surface area contributed by atoms with Crippen LogP contribution in [-0.4, -0.2) is 15.5 Å². The van der Waals surface area contributed by atoms with Gasteiger partial charge in [-0.1, -0.05) is 54.6 Å². The van der Waals surface area contributed by atoms with Gasteiger partial charge in [0.05, 0.1) is 17.2 Å². The molecular weight excluding hydrogens is 378 g/mol. The van der Waals surface area contributed by atoms with Gasteiger partial charge in [-0.3, -0.25) is 14.2 Å². The van der Waals surface area contributed by atoms with Crippen molar-refractivity contribution in [1.82, 2.24) is 14.9 Å². The van der Waals surface area contributed by atoms with Crippen molar-refractivity contribution >= 4 is 16.8 Å². The van der Waals surface area contributed by atoms with E-state index in [9.17, 15) is 9.59 Å². The second kappa shape index (κ2) is 9.05. The number of aromatic nitrogens is 2. The summed E-state index contributed by atoms with van der Waals surface area (Å²) in [5, 5.41) is 3.38. The molecule has 1 amide bonds. The van der Waals surface area contributed by atoms with Gasteiger partial charge >= 0.3 is 0 Å². The first-order chi connectivity index (χ1) is 14.7. The minimum absolute atomic E-state index is 0.0840. The molecule has 0 atom stereocenters. The van der Waals surface area contributed by atoms with Gasteiger partial charge in [0, 0.05) is 6.54 Å². The lowest BCUT2D eigenvalue weighted by Crippen LogP contribution is -2.32. The third kappa shape index (κ3) is 4.55. The van der Waals surface area contributed by atoms with Crippen molar-refractivity contribution in [1.29, 1.82) is 0 Å². The van der Waals surface area contributed by atoms with E-state index < -0.39 is 0 Å². The van der Waals surface area contributed by atoms with Gasteiger partial charge in [0.1, 0.15) is 18.9 Å². The molecule has 0 aliphatic rings. The maximum absolute atomic E-state index is 12.5. The van der Waals surface area contributed by atoms with Crippen molar-refractivity contribution < 1.29 is 9.53 Å². The molecule has 1 N–H and O–H groups in total. The first kappa shape index (κ1) is 19.4. The van der Waals surface area contributed by atoms with Gasteiger partial charge in [0.15, 0.2) is 0 Å². The standard InChI is InChI=1S/C24H21N3O3/c28-23(15-27-17-26-22-13-7-6-12-21(22)24(27)29)25-14-18-8-4-5-9-19(18)16-30-20-10-2-1-3-11-20/h1-13,17H,14-16H2,(H,25,28). The lowest BCUT2D eigenvalue weighted by atomic mass is 10.1. The smallest absolute Gasteiger partial charge is 0.261 e. The molecule has 6 heteroatoms. The molecule has 0 fully saturated rings. The number of carbonyl (C=O) groups is 1. The SMILES string of the molecule is O=C(Cn1cnc2ccccc2c1=O)NCc1ccccc1COc1ccccc1. The Hall–Kier alpha value is -3.93. The topological polar surface area (TPSA) is 73.2 Å². The van der Waals surface area contributed by atoms with Crippen LogP contribution in [0.2, 0.25) is 0 Å². The minimum atomic E-state index is -0.257. The molecule has 0 unspecified atom stereocenters. The summed E-state index contributed by atoms with van der Waals surface area (Å²) in [6.45, 7) is 0.673. The number of nitrogens with one attached hydrogen (secondary N) is 1. The molecule has 4 aromatic rings. The molecule has 0 saturated heterocycles. The highest BCUT2D eigenvalue weighted by Crippen LogP contribution is 2.14. The zero-order chi connectivity index (χ0) is 20.8. The van der Waals surface area contributed by atoms with Crippen LogP contribution in [0, 0.1) is 0 Å². The number of rotatable bonds is 7. The Labute approximate surface area is 173 Å². The first-order valence-corrected chi connectivity index (χ1v) is 9.66. The Morgan fingerprint density at radius 1 is 0.900 bits per heavy atom. The van der Waals surface area contributed by atoms with Crippen LogP contribution in [0.1, 0.15) is 11.1 Å². The Morgan fingerprint density at radius 3 is 2.43 bits per heavy atom. The average molecular weight is 399 g/mol. The van der Waals surface area contributed by atoms with Crippen molar-refractivity contribution in [3.63, 3.8) is 0 Å². The first-order valence-electron chi connectivity index (χ1n) is 9.66. The number of hydrogen-bond acceptors (Lipinski definition) is 4. The molecule has 150 valence electrons. The van der Waals surface area contributed by atoms with Gasteiger partial charge < -0.3 is 10.1 Å². The molecule has 1 aromatic heterocycles. The fraction of sp³-hybridized carbons (Fsp3) is 0.125. The molecule has 3 aromatic carbocycles.